The minimum Gasteiger partial charge on any atom is -0.506 e. The number of benzene rings is 1. The van der Waals surface area contributed by atoms with Gasteiger partial charge in [0.15, 0.2) is 0 Å². The Kier molecular flexibility index (Phi) is 3.58. The van der Waals surface area contributed by atoms with Gasteiger partial charge in [0.05, 0.1) is 5.02 Å². The number of rotatable bonds is 3. The third-order valence-electron chi connectivity index (χ3n) is 2.05. The van der Waals surface area contributed by atoms with E-state index >= 15 is 0 Å². The van der Waals surface area contributed by atoms with Gasteiger partial charge in [-0.15, -0.1) is 0 Å². The molecule has 0 fully saturated rings. The van der Waals surface area contributed by atoms with Crippen molar-refractivity contribution in [3.63, 3.8) is 0 Å². The molecule has 0 amide bonds. The third-order valence-corrected chi connectivity index (χ3v) is 2.47. The highest BCUT2D eigenvalue weighted by molar-refractivity contribution is 6.32. The molecule has 1 aromatic carbocycles. The monoisotopic (exact) mass is 199 g/mol. The zero-order valence-electron chi connectivity index (χ0n) is 7.68. The van der Waals surface area contributed by atoms with Gasteiger partial charge in [-0.25, -0.2) is 0 Å². The van der Waals surface area contributed by atoms with Crippen molar-refractivity contribution in [3.8, 4) is 5.75 Å². The van der Waals surface area contributed by atoms with Crippen molar-refractivity contribution in [1.82, 2.24) is 0 Å². The third kappa shape index (κ3) is 2.36. The molecular weight excluding hydrogens is 186 g/mol. The molecule has 2 nitrogen and oxygen atoms in total. The molecule has 0 aliphatic carbocycles. The summed E-state index contributed by atoms with van der Waals surface area (Å²) < 4.78 is 0. The van der Waals surface area contributed by atoms with Crippen LogP contribution in [0.25, 0.3) is 0 Å². The van der Waals surface area contributed by atoms with Crippen LogP contribution in [0.15, 0.2) is 12.1 Å². The fourth-order valence-corrected chi connectivity index (χ4v) is 1.50. The second-order valence-electron chi connectivity index (χ2n) is 3.10. The van der Waals surface area contributed by atoms with Crippen molar-refractivity contribution in [3.05, 3.63) is 28.3 Å². The summed E-state index contributed by atoms with van der Waals surface area (Å²) in [7, 11) is 0. The van der Waals surface area contributed by atoms with Gasteiger partial charge in [0, 0.05) is 0 Å². The Balaban J connectivity index is 2.90. The summed E-state index contributed by atoms with van der Waals surface area (Å²) in [6.45, 7) is 2.47. The molecule has 0 heterocycles. The van der Waals surface area contributed by atoms with Gasteiger partial charge in [0.2, 0.25) is 0 Å². The lowest BCUT2D eigenvalue weighted by molar-refractivity contribution is 0.470. The first-order valence-corrected chi connectivity index (χ1v) is 4.71. The predicted molar refractivity (Wildman–Crippen MR) is 55.2 cm³/mol. The van der Waals surface area contributed by atoms with Crippen molar-refractivity contribution in [2.75, 3.05) is 6.54 Å². The number of aryl methyl sites for hydroxylation is 2. The van der Waals surface area contributed by atoms with Crippen LogP contribution in [-0.2, 0) is 6.42 Å². The Morgan fingerprint density at radius 1 is 1.46 bits per heavy atom. The molecule has 0 unspecified atom stereocenters. The number of halogens is 1. The van der Waals surface area contributed by atoms with E-state index in [-0.39, 0.29) is 5.75 Å². The maximum atomic E-state index is 9.52. The Bertz CT molecular complexity index is 299. The van der Waals surface area contributed by atoms with Gasteiger partial charge in [-0.2, -0.15) is 0 Å². The molecule has 0 atom stereocenters. The number of aromatic hydroxyl groups is 1. The van der Waals surface area contributed by atoms with Gasteiger partial charge in [-0.3, -0.25) is 0 Å². The first-order chi connectivity index (χ1) is 6.16. The van der Waals surface area contributed by atoms with Crippen LogP contribution in [0.2, 0.25) is 5.02 Å². The quantitative estimate of drug-likeness (QED) is 0.785. The topological polar surface area (TPSA) is 46.2 Å². The summed E-state index contributed by atoms with van der Waals surface area (Å²) in [5.74, 6) is 0.191. The van der Waals surface area contributed by atoms with Gasteiger partial charge < -0.3 is 10.8 Å². The van der Waals surface area contributed by atoms with Gasteiger partial charge in [0.25, 0.3) is 0 Å². The van der Waals surface area contributed by atoms with E-state index in [9.17, 15) is 5.11 Å². The van der Waals surface area contributed by atoms with Gasteiger partial charge >= 0.3 is 0 Å². The highest BCUT2D eigenvalue weighted by atomic mass is 35.5. The van der Waals surface area contributed by atoms with E-state index in [0.29, 0.717) is 11.6 Å². The van der Waals surface area contributed by atoms with Gasteiger partial charge in [-0.05, 0) is 37.4 Å². The molecule has 1 aromatic rings. The van der Waals surface area contributed by atoms with E-state index < -0.39 is 0 Å². The Morgan fingerprint density at radius 3 is 2.77 bits per heavy atom. The average molecular weight is 200 g/mol. The molecule has 0 aromatic heterocycles. The van der Waals surface area contributed by atoms with E-state index in [0.717, 1.165) is 24.0 Å². The summed E-state index contributed by atoms with van der Waals surface area (Å²) in [6.07, 6.45) is 1.71. The zero-order chi connectivity index (χ0) is 9.84. The molecule has 0 aliphatic rings. The van der Waals surface area contributed by atoms with Crippen LogP contribution in [0.4, 0.5) is 0 Å². The minimum atomic E-state index is 0.191. The lowest BCUT2D eigenvalue weighted by Gasteiger charge is -2.07. The molecule has 0 saturated carbocycles. The summed E-state index contributed by atoms with van der Waals surface area (Å²) in [5, 5.41) is 9.99. The fraction of sp³-hybridized carbons (Fsp3) is 0.400. The van der Waals surface area contributed by atoms with E-state index in [4.69, 9.17) is 17.3 Å². The molecule has 0 spiro atoms. The predicted octanol–water partition coefficient (Wildman–Crippen LogP) is 2.25. The lowest BCUT2D eigenvalue weighted by Crippen LogP contribution is -2.00. The molecule has 0 bridgehead atoms. The average Bonchev–Trinajstić information content (AvgIpc) is 2.13. The van der Waals surface area contributed by atoms with Crippen molar-refractivity contribution >= 4 is 11.6 Å². The maximum Gasteiger partial charge on any atom is 0.137 e. The summed E-state index contributed by atoms with van der Waals surface area (Å²) in [4.78, 5) is 0. The SMILES string of the molecule is Cc1ccc(CCCN)c(Cl)c1O. The second-order valence-corrected chi connectivity index (χ2v) is 3.47. The molecular formula is C10H14ClNO. The van der Waals surface area contributed by atoms with Gasteiger partial charge in [-0.1, -0.05) is 23.7 Å². The van der Waals surface area contributed by atoms with E-state index in [2.05, 4.69) is 0 Å². The fourth-order valence-electron chi connectivity index (χ4n) is 1.19. The molecule has 3 N–H and O–H groups in total. The molecule has 1 rings (SSSR count). The van der Waals surface area contributed by atoms with Crippen molar-refractivity contribution in [2.45, 2.75) is 19.8 Å². The van der Waals surface area contributed by atoms with Crippen molar-refractivity contribution in [1.29, 1.82) is 0 Å². The molecule has 0 aliphatic heterocycles. The highest BCUT2D eigenvalue weighted by Gasteiger charge is 2.06. The molecule has 0 radical (unpaired) electrons. The maximum absolute atomic E-state index is 9.52. The Hall–Kier alpha value is -0.730. The molecule has 72 valence electrons. The van der Waals surface area contributed by atoms with Crippen LogP contribution >= 0.6 is 11.6 Å². The van der Waals surface area contributed by atoms with Crippen LogP contribution in [0.3, 0.4) is 0 Å². The van der Waals surface area contributed by atoms with Crippen LogP contribution in [0.5, 0.6) is 5.75 Å². The molecule has 13 heavy (non-hydrogen) atoms. The summed E-state index contributed by atoms with van der Waals surface area (Å²) in [5.41, 5.74) is 7.16. The van der Waals surface area contributed by atoms with E-state index in [1.165, 1.54) is 0 Å². The summed E-state index contributed by atoms with van der Waals surface area (Å²) in [6, 6.07) is 3.81. The van der Waals surface area contributed by atoms with Crippen LogP contribution in [0, 0.1) is 6.92 Å². The number of hydrogen-bond acceptors (Lipinski definition) is 2. The minimum absolute atomic E-state index is 0.191. The van der Waals surface area contributed by atoms with E-state index in [1.54, 1.807) is 0 Å². The zero-order valence-corrected chi connectivity index (χ0v) is 8.43. The number of phenolic OH excluding ortho intramolecular Hbond substituents is 1. The Labute approximate surface area is 83.3 Å². The molecule has 3 heteroatoms. The number of hydrogen-bond donors (Lipinski definition) is 2. The first kappa shape index (κ1) is 10.4. The van der Waals surface area contributed by atoms with E-state index in [1.807, 2.05) is 19.1 Å². The standard InChI is InChI=1S/C10H14ClNO/c1-7-4-5-8(3-2-6-12)9(11)10(7)13/h4-5,13H,2-3,6,12H2,1H3. The first-order valence-electron chi connectivity index (χ1n) is 4.34. The van der Waals surface area contributed by atoms with Crippen LogP contribution in [0.1, 0.15) is 17.5 Å². The van der Waals surface area contributed by atoms with Crippen LogP contribution < -0.4 is 5.73 Å². The smallest absolute Gasteiger partial charge is 0.137 e. The summed E-state index contributed by atoms with van der Waals surface area (Å²) >= 11 is 5.94. The highest BCUT2D eigenvalue weighted by Crippen LogP contribution is 2.30. The van der Waals surface area contributed by atoms with Crippen LogP contribution in [-0.4, -0.2) is 11.7 Å². The van der Waals surface area contributed by atoms with Crippen molar-refractivity contribution < 1.29 is 5.11 Å². The lowest BCUT2D eigenvalue weighted by atomic mass is 10.1. The van der Waals surface area contributed by atoms with Crippen molar-refractivity contribution in [2.24, 2.45) is 5.73 Å². The largest absolute Gasteiger partial charge is 0.506 e. The number of nitrogens with two attached hydrogens (primary N) is 1. The number of phenols is 1. The molecule has 0 saturated heterocycles. The normalized spacial score (nSPS) is 10.4. The second kappa shape index (κ2) is 4.49. The Morgan fingerprint density at radius 2 is 2.15 bits per heavy atom. The van der Waals surface area contributed by atoms with Gasteiger partial charge in [0.1, 0.15) is 5.75 Å².